The highest BCUT2D eigenvalue weighted by Gasteiger charge is 2.42. The van der Waals surface area contributed by atoms with Crippen LogP contribution < -0.4 is 4.74 Å². The molecule has 0 unspecified atom stereocenters. The third-order valence-electron chi connectivity index (χ3n) is 4.70. The molecule has 27 heavy (non-hydrogen) atoms. The van der Waals surface area contributed by atoms with E-state index in [4.69, 9.17) is 9.47 Å². The third kappa shape index (κ3) is 5.32. The molecule has 146 valence electrons. The van der Waals surface area contributed by atoms with Crippen LogP contribution in [0.2, 0.25) is 0 Å². The first-order valence-corrected chi connectivity index (χ1v) is 10.7. The Balaban J connectivity index is 1.52. The number of hydrogen-bond donors (Lipinski definition) is 0. The number of amides is 1. The second-order valence-corrected chi connectivity index (χ2v) is 9.03. The van der Waals surface area contributed by atoms with Crippen molar-refractivity contribution in [1.29, 1.82) is 0 Å². The van der Waals surface area contributed by atoms with Crippen LogP contribution in [0.1, 0.15) is 24.8 Å². The Morgan fingerprint density at radius 2 is 1.85 bits per heavy atom. The summed E-state index contributed by atoms with van der Waals surface area (Å²) in [6.07, 6.45) is 5.04. The van der Waals surface area contributed by atoms with E-state index < -0.39 is 15.8 Å². The van der Waals surface area contributed by atoms with Gasteiger partial charge in [-0.1, -0.05) is 12.1 Å². The summed E-state index contributed by atoms with van der Waals surface area (Å²) in [7, 11) is -1.50. The molecule has 1 atom stereocenters. The molecule has 2 aliphatic rings. The molecule has 1 heterocycles. The maximum Gasteiger partial charge on any atom is 0.331 e. The lowest BCUT2D eigenvalue weighted by molar-refractivity contribution is -0.149. The summed E-state index contributed by atoms with van der Waals surface area (Å²) in [5.74, 6) is -0.117. The fourth-order valence-corrected chi connectivity index (χ4v) is 4.90. The van der Waals surface area contributed by atoms with Gasteiger partial charge in [-0.2, -0.15) is 0 Å². The highest BCUT2D eigenvalue weighted by Crippen LogP contribution is 2.32. The molecule has 1 aromatic carbocycles. The van der Waals surface area contributed by atoms with Crippen LogP contribution in [0.3, 0.4) is 0 Å². The van der Waals surface area contributed by atoms with Gasteiger partial charge in [-0.15, -0.1) is 0 Å². The van der Waals surface area contributed by atoms with Crippen LogP contribution in [0.4, 0.5) is 0 Å². The zero-order valence-corrected chi connectivity index (χ0v) is 16.0. The van der Waals surface area contributed by atoms with E-state index in [2.05, 4.69) is 0 Å². The van der Waals surface area contributed by atoms with Gasteiger partial charge in [-0.05, 0) is 43.0 Å². The minimum atomic E-state index is -3.08. The Hall–Kier alpha value is -2.35. The number of rotatable bonds is 7. The normalized spacial score (nSPS) is 21.1. The van der Waals surface area contributed by atoms with Gasteiger partial charge in [-0.3, -0.25) is 4.79 Å². The van der Waals surface area contributed by atoms with E-state index in [1.165, 1.54) is 6.08 Å². The fourth-order valence-electron chi connectivity index (χ4n) is 3.19. The smallest absolute Gasteiger partial charge is 0.331 e. The highest BCUT2D eigenvalue weighted by molar-refractivity contribution is 7.91. The summed E-state index contributed by atoms with van der Waals surface area (Å²) in [5, 5.41) is 0. The number of sulfone groups is 1. The second-order valence-electron chi connectivity index (χ2n) is 6.80. The first-order chi connectivity index (χ1) is 12.9. The van der Waals surface area contributed by atoms with Crippen molar-refractivity contribution in [2.45, 2.75) is 31.3 Å². The van der Waals surface area contributed by atoms with Crippen LogP contribution in [0.5, 0.6) is 5.75 Å². The topological polar surface area (TPSA) is 90.0 Å². The van der Waals surface area contributed by atoms with Crippen molar-refractivity contribution in [3.8, 4) is 5.75 Å². The first-order valence-electron chi connectivity index (χ1n) is 8.88. The van der Waals surface area contributed by atoms with Crippen LogP contribution in [-0.2, 0) is 24.2 Å². The summed E-state index contributed by atoms with van der Waals surface area (Å²) < 4.78 is 33.5. The summed E-state index contributed by atoms with van der Waals surface area (Å²) in [4.78, 5) is 26.0. The zero-order chi connectivity index (χ0) is 19.4. The van der Waals surface area contributed by atoms with Gasteiger partial charge in [0.15, 0.2) is 16.4 Å². The Morgan fingerprint density at radius 3 is 2.41 bits per heavy atom. The van der Waals surface area contributed by atoms with Crippen molar-refractivity contribution in [3.63, 3.8) is 0 Å². The number of esters is 1. The zero-order valence-electron chi connectivity index (χ0n) is 15.2. The molecule has 0 spiro atoms. The maximum absolute atomic E-state index is 12.5. The summed E-state index contributed by atoms with van der Waals surface area (Å²) >= 11 is 0. The van der Waals surface area contributed by atoms with E-state index in [0.717, 1.165) is 24.2 Å². The predicted molar refractivity (Wildman–Crippen MR) is 99.9 cm³/mol. The lowest BCUT2D eigenvalue weighted by Crippen LogP contribution is -2.44. The van der Waals surface area contributed by atoms with Crippen molar-refractivity contribution in [1.82, 2.24) is 4.90 Å². The minimum Gasteiger partial charge on any atom is -0.497 e. The molecule has 2 fully saturated rings. The molecular formula is C19H23NO6S. The largest absolute Gasteiger partial charge is 0.497 e. The highest BCUT2D eigenvalue weighted by atomic mass is 32.2. The number of ether oxygens (including phenoxy) is 2. The molecule has 0 radical (unpaired) electrons. The molecular weight excluding hydrogens is 370 g/mol. The van der Waals surface area contributed by atoms with Crippen LogP contribution >= 0.6 is 0 Å². The average molecular weight is 393 g/mol. The van der Waals surface area contributed by atoms with Gasteiger partial charge in [0.2, 0.25) is 0 Å². The Labute approximate surface area is 158 Å². The van der Waals surface area contributed by atoms with Gasteiger partial charge in [0.25, 0.3) is 5.91 Å². The van der Waals surface area contributed by atoms with Crippen LogP contribution in [0.15, 0.2) is 30.3 Å². The number of nitrogens with zero attached hydrogens (tertiary/aromatic N) is 1. The Morgan fingerprint density at radius 1 is 1.15 bits per heavy atom. The number of carbonyl (C=O) groups is 2. The van der Waals surface area contributed by atoms with E-state index in [1.807, 2.05) is 0 Å². The van der Waals surface area contributed by atoms with Gasteiger partial charge in [0, 0.05) is 18.2 Å². The van der Waals surface area contributed by atoms with E-state index in [-0.39, 0.29) is 36.1 Å². The maximum atomic E-state index is 12.5. The number of methoxy groups -OCH3 is 1. The van der Waals surface area contributed by atoms with Gasteiger partial charge in [0.1, 0.15) is 5.75 Å². The molecule has 1 amide bonds. The van der Waals surface area contributed by atoms with Crippen molar-refractivity contribution >= 4 is 27.8 Å². The van der Waals surface area contributed by atoms with E-state index in [0.29, 0.717) is 6.42 Å². The summed E-state index contributed by atoms with van der Waals surface area (Å²) in [6, 6.07) is 6.91. The van der Waals surface area contributed by atoms with Crippen molar-refractivity contribution < 1.29 is 27.5 Å². The average Bonchev–Trinajstić information content (AvgIpc) is 3.41. The number of carbonyl (C=O) groups excluding carboxylic acids is 2. The first kappa shape index (κ1) is 19.4. The molecule has 3 rings (SSSR count). The van der Waals surface area contributed by atoms with Gasteiger partial charge in [-0.25, -0.2) is 13.2 Å². The summed E-state index contributed by atoms with van der Waals surface area (Å²) in [6.45, 7) is -0.376. The predicted octanol–water partition coefficient (Wildman–Crippen LogP) is 1.43. The molecule has 0 N–H and O–H groups in total. The Bertz CT molecular complexity index is 826. The van der Waals surface area contributed by atoms with Crippen LogP contribution in [0.25, 0.3) is 6.08 Å². The van der Waals surface area contributed by atoms with Gasteiger partial charge in [0.05, 0.1) is 18.6 Å². The van der Waals surface area contributed by atoms with E-state index in [1.54, 1.807) is 42.4 Å². The van der Waals surface area contributed by atoms with Gasteiger partial charge < -0.3 is 14.4 Å². The molecule has 0 aromatic heterocycles. The minimum absolute atomic E-state index is 0.000554. The molecule has 1 saturated heterocycles. The lowest BCUT2D eigenvalue weighted by atomic mass is 10.2. The van der Waals surface area contributed by atoms with Crippen molar-refractivity contribution in [2.24, 2.45) is 0 Å². The molecule has 7 nitrogen and oxygen atoms in total. The summed E-state index contributed by atoms with van der Waals surface area (Å²) in [5.41, 5.74) is 0.801. The van der Waals surface area contributed by atoms with E-state index >= 15 is 0 Å². The van der Waals surface area contributed by atoms with Gasteiger partial charge >= 0.3 is 5.97 Å². The number of hydrogen-bond acceptors (Lipinski definition) is 6. The standard InChI is InChI=1S/C19H23NO6S/c1-25-17-7-2-14(3-8-17)4-9-19(22)26-12-18(21)20(15-5-6-15)16-10-11-27(23,24)13-16/h2-4,7-9,15-16H,5-6,10-13H2,1H3/b9-4+/t16-/m1/s1. The second kappa shape index (κ2) is 8.12. The SMILES string of the molecule is COc1ccc(/C=C/C(=O)OCC(=O)N(C2CC2)[C@@H]2CCS(=O)(=O)C2)cc1. The molecule has 1 aromatic rings. The molecule has 0 bridgehead atoms. The Kier molecular flexibility index (Phi) is 5.84. The third-order valence-corrected chi connectivity index (χ3v) is 6.45. The quantitative estimate of drug-likeness (QED) is 0.514. The molecule has 1 aliphatic carbocycles. The number of benzene rings is 1. The van der Waals surface area contributed by atoms with Crippen LogP contribution in [0, 0.1) is 0 Å². The monoisotopic (exact) mass is 393 g/mol. The molecule has 1 saturated carbocycles. The fraction of sp³-hybridized carbons (Fsp3) is 0.474. The van der Waals surface area contributed by atoms with E-state index in [9.17, 15) is 18.0 Å². The van der Waals surface area contributed by atoms with Crippen LogP contribution in [-0.4, -0.2) is 62.5 Å². The van der Waals surface area contributed by atoms with Crippen molar-refractivity contribution in [2.75, 3.05) is 25.2 Å². The molecule has 8 heteroatoms. The lowest BCUT2D eigenvalue weighted by Gasteiger charge is -2.28. The molecule has 1 aliphatic heterocycles. The van der Waals surface area contributed by atoms with Crippen molar-refractivity contribution in [3.05, 3.63) is 35.9 Å².